The quantitative estimate of drug-likeness (QED) is 0.628. The molecule has 0 saturated carbocycles. The molecule has 1 atom stereocenters. The first-order valence-electron chi connectivity index (χ1n) is 11.3. The smallest absolute Gasteiger partial charge is 0.281 e. The molecule has 0 saturated heterocycles. The second-order valence-corrected chi connectivity index (χ2v) is 9.25. The SMILES string of the molecule is CC(C)CN1C(=O)c2c(O)c(=O)ccn2C(C2c3ccccc3CCc3ccccc32)C1=O. The van der Waals surface area contributed by atoms with Crippen LogP contribution < -0.4 is 5.43 Å². The van der Waals surface area contributed by atoms with Crippen LogP contribution in [-0.4, -0.2) is 32.9 Å². The normalized spacial score (nSPS) is 18.0. The largest absolute Gasteiger partial charge is 0.503 e. The van der Waals surface area contributed by atoms with Gasteiger partial charge in [-0.3, -0.25) is 19.3 Å². The first kappa shape index (κ1) is 21.2. The summed E-state index contributed by atoms with van der Waals surface area (Å²) in [6.45, 7) is 4.07. The van der Waals surface area contributed by atoms with E-state index in [2.05, 4.69) is 12.1 Å². The lowest BCUT2D eigenvalue weighted by molar-refractivity contribution is -0.134. The van der Waals surface area contributed by atoms with Crippen molar-refractivity contribution < 1.29 is 14.7 Å². The van der Waals surface area contributed by atoms with Crippen LogP contribution in [0.1, 0.15) is 58.5 Å². The van der Waals surface area contributed by atoms with E-state index in [1.54, 1.807) is 0 Å². The van der Waals surface area contributed by atoms with E-state index >= 15 is 0 Å². The summed E-state index contributed by atoms with van der Waals surface area (Å²) < 4.78 is 1.52. The van der Waals surface area contributed by atoms with Crippen molar-refractivity contribution in [1.82, 2.24) is 9.47 Å². The number of hydrogen-bond donors (Lipinski definition) is 1. The lowest BCUT2D eigenvalue weighted by Crippen LogP contribution is -2.51. The number of pyridine rings is 1. The van der Waals surface area contributed by atoms with E-state index in [1.165, 1.54) is 21.7 Å². The fraction of sp³-hybridized carbons (Fsp3) is 0.296. The molecule has 1 aliphatic carbocycles. The minimum atomic E-state index is -0.802. The van der Waals surface area contributed by atoms with Gasteiger partial charge >= 0.3 is 0 Å². The van der Waals surface area contributed by atoms with Crippen molar-refractivity contribution in [3.8, 4) is 5.75 Å². The number of carbonyl (C=O) groups excluding carboxylic acids is 2. The maximum Gasteiger partial charge on any atom is 0.281 e. The number of carbonyl (C=O) groups is 2. The summed E-state index contributed by atoms with van der Waals surface area (Å²) in [6.07, 6.45) is 3.17. The lowest BCUT2D eigenvalue weighted by Gasteiger charge is -2.39. The van der Waals surface area contributed by atoms with Gasteiger partial charge in [-0.1, -0.05) is 62.4 Å². The fourth-order valence-corrected chi connectivity index (χ4v) is 5.24. The average molecular weight is 443 g/mol. The van der Waals surface area contributed by atoms with Crippen LogP contribution in [0.5, 0.6) is 5.75 Å². The molecule has 6 heteroatoms. The molecule has 33 heavy (non-hydrogen) atoms. The van der Waals surface area contributed by atoms with Gasteiger partial charge in [0.25, 0.3) is 11.8 Å². The zero-order valence-electron chi connectivity index (χ0n) is 18.7. The van der Waals surface area contributed by atoms with Crippen LogP contribution in [-0.2, 0) is 17.6 Å². The summed E-state index contributed by atoms with van der Waals surface area (Å²) in [7, 11) is 0. The van der Waals surface area contributed by atoms with Gasteiger partial charge in [0.05, 0.1) is 0 Å². The summed E-state index contributed by atoms with van der Waals surface area (Å²) in [6, 6.07) is 16.6. The van der Waals surface area contributed by atoms with Crippen molar-refractivity contribution in [3.63, 3.8) is 0 Å². The highest BCUT2D eigenvalue weighted by Gasteiger charge is 2.46. The van der Waals surface area contributed by atoms with Crippen molar-refractivity contribution in [1.29, 1.82) is 0 Å². The number of imide groups is 1. The van der Waals surface area contributed by atoms with Crippen molar-refractivity contribution in [2.75, 3.05) is 6.54 Å². The molecule has 2 heterocycles. The molecule has 3 aromatic rings. The second kappa shape index (κ2) is 8.03. The Kier molecular flexibility index (Phi) is 5.16. The molecule has 2 aromatic carbocycles. The zero-order valence-corrected chi connectivity index (χ0v) is 18.7. The molecule has 0 bridgehead atoms. The van der Waals surface area contributed by atoms with Gasteiger partial charge in [-0.25, -0.2) is 0 Å². The van der Waals surface area contributed by atoms with Crippen LogP contribution >= 0.6 is 0 Å². The van der Waals surface area contributed by atoms with Gasteiger partial charge in [0.15, 0.2) is 11.4 Å². The third kappa shape index (κ3) is 3.37. The summed E-state index contributed by atoms with van der Waals surface area (Å²) in [4.78, 5) is 40.8. The highest BCUT2D eigenvalue weighted by molar-refractivity contribution is 6.09. The topological polar surface area (TPSA) is 79.6 Å². The number of rotatable bonds is 3. The van der Waals surface area contributed by atoms with Crippen molar-refractivity contribution in [3.05, 3.63) is 99.0 Å². The van der Waals surface area contributed by atoms with Gasteiger partial charge < -0.3 is 9.67 Å². The molecule has 1 aliphatic heterocycles. The Balaban J connectivity index is 1.81. The highest BCUT2D eigenvalue weighted by atomic mass is 16.3. The predicted octanol–water partition coefficient (Wildman–Crippen LogP) is 3.66. The Hall–Kier alpha value is -3.67. The van der Waals surface area contributed by atoms with Crippen LogP contribution in [0, 0.1) is 5.92 Å². The van der Waals surface area contributed by atoms with Crippen LogP contribution in [0.15, 0.2) is 65.6 Å². The van der Waals surface area contributed by atoms with E-state index in [4.69, 9.17) is 0 Å². The van der Waals surface area contributed by atoms with E-state index in [9.17, 15) is 19.5 Å². The summed E-state index contributed by atoms with van der Waals surface area (Å²) in [5.74, 6) is -1.88. The van der Waals surface area contributed by atoms with Gasteiger partial charge in [0.2, 0.25) is 5.43 Å². The van der Waals surface area contributed by atoms with Crippen LogP contribution in [0.2, 0.25) is 0 Å². The Labute approximate surface area is 192 Å². The maximum atomic E-state index is 14.0. The molecule has 5 rings (SSSR count). The Bertz CT molecular complexity index is 1280. The van der Waals surface area contributed by atoms with Gasteiger partial charge in [-0.15, -0.1) is 0 Å². The number of hydrogen-bond acceptors (Lipinski definition) is 4. The van der Waals surface area contributed by atoms with Gasteiger partial charge in [0.1, 0.15) is 6.04 Å². The number of aromatic nitrogens is 1. The summed E-state index contributed by atoms with van der Waals surface area (Å²) >= 11 is 0. The lowest BCUT2D eigenvalue weighted by atomic mass is 9.80. The first-order chi connectivity index (χ1) is 15.9. The predicted molar refractivity (Wildman–Crippen MR) is 124 cm³/mol. The summed E-state index contributed by atoms with van der Waals surface area (Å²) in [5, 5.41) is 10.6. The van der Waals surface area contributed by atoms with Crippen LogP contribution in [0.3, 0.4) is 0 Å². The van der Waals surface area contributed by atoms with Crippen molar-refractivity contribution in [2.24, 2.45) is 5.92 Å². The van der Waals surface area contributed by atoms with E-state index in [0.717, 1.165) is 35.1 Å². The van der Waals surface area contributed by atoms with E-state index in [1.807, 2.05) is 50.2 Å². The van der Waals surface area contributed by atoms with Gasteiger partial charge in [-0.05, 0) is 41.0 Å². The third-order valence-electron chi connectivity index (χ3n) is 6.68. The van der Waals surface area contributed by atoms with Crippen molar-refractivity contribution >= 4 is 11.8 Å². The monoisotopic (exact) mass is 442 g/mol. The number of fused-ring (bicyclic) bond motifs is 3. The molecule has 1 aromatic heterocycles. The second-order valence-electron chi connectivity index (χ2n) is 9.25. The molecule has 0 spiro atoms. The van der Waals surface area contributed by atoms with Gasteiger partial charge in [-0.2, -0.15) is 0 Å². The molecule has 2 amide bonds. The van der Waals surface area contributed by atoms with E-state index in [0.29, 0.717) is 0 Å². The molecular weight excluding hydrogens is 416 g/mol. The number of benzene rings is 2. The minimum Gasteiger partial charge on any atom is -0.503 e. The molecule has 0 radical (unpaired) electrons. The molecule has 1 unspecified atom stereocenters. The zero-order chi connectivity index (χ0) is 23.3. The highest BCUT2D eigenvalue weighted by Crippen LogP contribution is 2.44. The number of nitrogens with zero attached hydrogens (tertiary/aromatic N) is 2. The number of aromatic hydroxyl groups is 1. The molecule has 168 valence electrons. The van der Waals surface area contributed by atoms with Crippen molar-refractivity contribution in [2.45, 2.75) is 38.6 Å². The molecule has 1 N–H and O–H groups in total. The minimum absolute atomic E-state index is 0.0383. The Morgan fingerprint density at radius 3 is 2.06 bits per heavy atom. The molecule has 0 fully saturated rings. The van der Waals surface area contributed by atoms with Crippen LogP contribution in [0.25, 0.3) is 0 Å². The van der Waals surface area contributed by atoms with E-state index in [-0.39, 0.29) is 30.0 Å². The standard InChI is InChI=1S/C27H26N2O4/c1-16(2)15-29-26(32)23(28-14-13-21(30)25(31)24(28)27(29)33)22-19-9-5-3-7-17(19)11-12-18-8-4-6-10-20(18)22/h3-10,13-14,16,22-23,31H,11-12,15H2,1-2H3. The fourth-order valence-electron chi connectivity index (χ4n) is 5.24. The average Bonchev–Trinajstić information content (AvgIpc) is 2.96. The first-order valence-corrected chi connectivity index (χ1v) is 11.3. The number of aryl methyl sites for hydroxylation is 2. The molecular formula is C27H26N2O4. The Morgan fingerprint density at radius 2 is 1.48 bits per heavy atom. The Morgan fingerprint density at radius 1 is 0.909 bits per heavy atom. The van der Waals surface area contributed by atoms with E-state index < -0.39 is 23.1 Å². The molecule has 2 aliphatic rings. The number of amides is 2. The third-order valence-corrected chi connectivity index (χ3v) is 6.68. The van der Waals surface area contributed by atoms with Crippen LogP contribution in [0.4, 0.5) is 0 Å². The summed E-state index contributed by atoms with van der Waals surface area (Å²) in [5.41, 5.74) is 3.63. The van der Waals surface area contributed by atoms with Gasteiger partial charge in [0, 0.05) is 24.7 Å². The molecule has 6 nitrogen and oxygen atoms in total. The maximum absolute atomic E-state index is 14.0.